The van der Waals surface area contributed by atoms with E-state index in [1.54, 1.807) is 23.3 Å². The predicted molar refractivity (Wildman–Crippen MR) is 101 cm³/mol. The molecule has 2 heterocycles. The summed E-state index contributed by atoms with van der Waals surface area (Å²) in [5, 5.41) is 0.656. The molecule has 4 rings (SSSR count). The summed E-state index contributed by atoms with van der Waals surface area (Å²) >= 11 is 5.96. The average molecular weight is 384 g/mol. The van der Waals surface area contributed by atoms with E-state index in [2.05, 4.69) is 0 Å². The number of rotatable bonds is 5. The fourth-order valence-corrected chi connectivity index (χ4v) is 3.08. The topological polar surface area (TPSA) is 51.9 Å². The molecule has 0 saturated heterocycles. The molecule has 1 aromatic heterocycles. The van der Waals surface area contributed by atoms with Crippen molar-refractivity contribution in [2.75, 3.05) is 6.61 Å². The predicted octanol–water partition coefficient (Wildman–Crippen LogP) is 4.30. The lowest BCUT2D eigenvalue weighted by Gasteiger charge is -2.30. The van der Waals surface area contributed by atoms with E-state index in [9.17, 15) is 4.79 Å². The van der Waals surface area contributed by atoms with Crippen LogP contribution in [0.4, 0.5) is 0 Å². The summed E-state index contributed by atoms with van der Waals surface area (Å²) in [6, 6.07) is 18.4. The molecule has 0 fully saturated rings. The summed E-state index contributed by atoms with van der Waals surface area (Å²) in [5.74, 6) is 1.77. The van der Waals surface area contributed by atoms with Crippen molar-refractivity contribution in [1.82, 2.24) is 4.90 Å². The summed E-state index contributed by atoms with van der Waals surface area (Å²) in [6.07, 6.45) is 0.888. The number of benzene rings is 2. The molecule has 0 aliphatic carbocycles. The Kier molecular flexibility index (Phi) is 5.03. The van der Waals surface area contributed by atoms with E-state index < -0.39 is 6.10 Å². The number of furan rings is 1. The zero-order chi connectivity index (χ0) is 18.6. The first-order chi connectivity index (χ1) is 13.2. The Hall–Kier alpha value is -2.92. The number of hydrogen-bond acceptors (Lipinski definition) is 4. The summed E-state index contributed by atoms with van der Waals surface area (Å²) in [4.78, 5) is 14.9. The second-order valence-corrected chi connectivity index (χ2v) is 6.70. The molecular weight excluding hydrogens is 366 g/mol. The summed E-state index contributed by atoms with van der Waals surface area (Å²) in [5.41, 5.74) is 0.969. The largest absolute Gasteiger partial charge is 0.485 e. The van der Waals surface area contributed by atoms with Gasteiger partial charge in [0.05, 0.1) is 12.8 Å². The van der Waals surface area contributed by atoms with Crippen molar-refractivity contribution in [2.45, 2.75) is 19.2 Å². The van der Waals surface area contributed by atoms with E-state index >= 15 is 0 Å². The Morgan fingerprint density at radius 3 is 2.52 bits per heavy atom. The first-order valence-electron chi connectivity index (χ1n) is 8.63. The van der Waals surface area contributed by atoms with E-state index in [4.69, 9.17) is 25.5 Å². The van der Waals surface area contributed by atoms with Crippen LogP contribution in [0.3, 0.4) is 0 Å². The lowest BCUT2D eigenvalue weighted by atomic mass is 10.2. The van der Waals surface area contributed by atoms with Crippen molar-refractivity contribution in [2.24, 2.45) is 0 Å². The van der Waals surface area contributed by atoms with E-state index in [1.165, 1.54) is 0 Å². The molecule has 6 heteroatoms. The van der Waals surface area contributed by atoms with Gasteiger partial charge in [-0.25, -0.2) is 0 Å². The Bertz CT molecular complexity index is 908. The Balaban J connectivity index is 1.54. The van der Waals surface area contributed by atoms with Gasteiger partial charge in [0.25, 0.3) is 5.91 Å². The summed E-state index contributed by atoms with van der Waals surface area (Å²) < 4.78 is 17.0. The maximum absolute atomic E-state index is 13.2. The highest BCUT2D eigenvalue weighted by Gasteiger charge is 2.31. The number of carbonyl (C=O) groups excluding carboxylic acids is 1. The van der Waals surface area contributed by atoms with Gasteiger partial charge in [-0.15, -0.1) is 0 Å². The number of hydrogen-bond donors (Lipinski definition) is 0. The number of halogens is 1. The van der Waals surface area contributed by atoms with Gasteiger partial charge in [-0.2, -0.15) is 0 Å². The minimum Gasteiger partial charge on any atom is -0.485 e. The third-order valence-corrected chi connectivity index (χ3v) is 4.56. The highest BCUT2D eigenvalue weighted by Crippen LogP contribution is 2.31. The molecular formula is C21H18ClNO4. The van der Waals surface area contributed by atoms with Gasteiger partial charge in [-0.3, -0.25) is 4.79 Å². The van der Waals surface area contributed by atoms with Crippen molar-refractivity contribution < 1.29 is 18.7 Å². The molecule has 1 amide bonds. The lowest BCUT2D eigenvalue weighted by Crippen LogP contribution is -2.45. The number of ether oxygens (including phenoxy) is 2. The van der Waals surface area contributed by atoms with Crippen LogP contribution in [-0.2, 0) is 17.9 Å². The normalized spacial score (nSPS) is 15.4. The Morgan fingerprint density at radius 1 is 1.00 bits per heavy atom. The molecule has 138 valence electrons. The third kappa shape index (κ3) is 4.09. The molecule has 27 heavy (non-hydrogen) atoms. The summed E-state index contributed by atoms with van der Waals surface area (Å²) in [6.45, 7) is 0.930. The summed E-state index contributed by atoms with van der Waals surface area (Å²) in [7, 11) is 0. The van der Waals surface area contributed by atoms with Crippen LogP contribution in [0.5, 0.6) is 11.5 Å². The van der Waals surface area contributed by atoms with Crippen molar-refractivity contribution in [1.29, 1.82) is 0 Å². The zero-order valence-corrected chi connectivity index (χ0v) is 15.3. The van der Waals surface area contributed by atoms with Crippen LogP contribution in [0, 0.1) is 0 Å². The van der Waals surface area contributed by atoms with E-state index in [-0.39, 0.29) is 12.5 Å². The SMILES string of the molecule is O=C([C@@H]1COc2ccccc2O1)N(Cc1ccc(Cl)cc1)Cc1ccco1. The van der Waals surface area contributed by atoms with Crippen LogP contribution in [0.1, 0.15) is 11.3 Å². The molecule has 0 radical (unpaired) electrons. The van der Waals surface area contributed by atoms with E-state index in [1.807, 2.05) is 48.5 Å². The monoisotopic (exact) mass is 383 g/mol. The third-order valence-electron chi connectivity index (χ3n) is 4.31. The van der Waals surface area contributed by atoms with Crippen LogP contribution < -0.4 is 9.47 Å². The number of carbonyl (C=O) groups is 1. The number of fused-ring (bicyclic) bond motifs is 1. The second-order valence-electron chi connectivity index (χ2n) is 6.26. The first kappa shape index (κ1) is 17.5. The number of para-hydroxylation sites is 2. The molecule has 0 bridgehead atoms. The molecule has 5 nitrogen and oxygen atoms in total. The maximum Gasteiger partial charge on any atom is 0.267 e. The highest BCUT2D eigenvalue weighted by molar-refractivity contribution is 6.30. The Morgan fingerprint density at radius 2 is 1.78 bits per heavy atom. The highest BCUT2D eigenvalue weighted by atomic mass is 35.5. The molecule has 0 N–H and O–H groups in total. The molecule has 0 unspecified atom stereocenters. The van der Waals surface area contributed by atoms with Gasteiger partial charge in [0.15, 0.2) is 11.5 Å². The quantitative estimate of drug-likeness (QED) is 0.659. The van der Waals surface area contributed by atoms with Crippen LogP contribution in [-0.4, -0.2) is 23.5 Å². The van der Waals surface area contributed by atoms with Gasteiger partial charge in [-0.1, -0.05) is 35.9 Å². The Labute approximate surface area is 162 Å². The maximum atomic E-state index is 13.2. The van der Waals surface area contributed by atoms with Gasteiger partial charge in [-0.05, 0) is 42.0 Å². The molecule has 0 saturated carbocycles. The zero-order valence-electron chi connectivity index (χ0n) is 14.5. The van der Waals surface area contributed by atoms with Crippen molar-refractivity contribution in [3.63, 3.8) is 0 Å². The van der Waals surface area contributed by atoms with Crippen LogP contribution in [0.25, 0.3) is 0 Å². The molecule has 1 aliphatic rings. The van der Waals surface area contributed by atoms with Gasteiger partial charge in [0.2, 0.25) is 6.10 Å². The van der Waals surface area contributed by atoms with Gasteiger partial charge >= 0.3 is 0 Å². The van der Waals surface area contributed by atoms with Gasteiger partial charge in [0.1, 0.15) is 12.4 Å². The van der Waals surface area contributed by atoms with Crippen LogP contribution in [0.2, 0.25) is 5.02 Å². The fraction of sp³-hybridized carbons (Fsp3) is 0.190. The van der Waals surface area contributed by atoms with Crippen molar-refractivity contribution in [3.05, 3.63) is 83.3 Å². The smallest absolute Gasteiger partial charge is 0.267 e. The average Bonchev–Trinajstić information content (AvgIpc) is 3.21. The number of amides is 1. The second kappa shape index (κ2) is 7.76. The van der Waals surface area contributed by atoms with E-state index in [0.29, 0.717) is 35.4 Å². The van der Waals surface area contributed by atoms with Crippen LogP contribution >= 0.6 is 11.6 Å². The molecule has 0 spiro atoms. The van der Waals surface area contributed by atoms with Crippen LogP contribution in [0.15, 0.2) is 71.3 Å². The van der Waals surface area contributed by atoms with Gasteiger partial charge < -0.3 is 18.8 Å². The van der Waals surface area contributed by atoms with Crippen molar-refractivity contribution in [3.8, 4) is 11.5 Å². The molecule has 1 atom stereocenters. The first-order valence-corrected chi connectivity index (χ1v) is 9.01. The van der Waals surface area contributed by atoms with Crippen molar-refractivity contribution >= 4 is 17.5 Å². The van der Waals surface area contributed by atoms with E-state index in [0.717, 1.165) is 5.56 Å². The molecule has 3 aromatic rings. The fourth-order valence-electron chi connectivity index (χ4n) is 2.96. The standard InChI is InChI=1S/C21H18ClNO4/c22-16-9-7-15(8-10-16)12-23(13-17-4-3-11-25-17)21(24)20-14-26-18-5-1-2-6-19(18)27-20/h1-11,20H,12-14H2/t20-/m0/s1. The number of nitrogens with zero attached hydrogens (tertiary/aromatic N) is 1. The van der Waals surface area contributed by atoms with Gasteiger partial charge in [0, 0.05) is 11.6 Å². The molecule has 2 aromatic carbocycles. The molecule has 1 aliphatic heterocycles. The lowest BCUT2D eigenvalue weighted by molar-refractivity contribution is -0.142. The minimum atomic E-state index is -0.706. The minimum absolute atomic E-state index is 0.157.